The minimum atomic E-state index is -0.646. The van der Waals surface area contributed by atoms with E-state index in [0.717, 1.165) is 16.8 Å². The summed E-state index contributed by atoms with van der Waals surface area (Å²) in [5.41, 5.74) is 2.30. The van der Waals surface area contributed by atoms with Crippen molar-refractivity contribution < 1.29 is 9.59 Å². The fraction of sp³-hybridized carbons (Fsp3) is 0.429. The van der Waals surface area contributed by atoms with Gasteiger partial charge in [0.05, 0.1) is 5.41 Å². The predicted molar refractivity (Wildman–Crippen MR) is 70.3 cm³/mol. The second kappa shape index (κ2) is 4.44. The number of amides is 2. The molecule has 1 fully saturated rings. The lowest BCUT2D eigenvalue weighted by Crippen LogP contribution is -2.35. The predicted octanol–water partition coefficient (Wildman–Crippen LogP) is 1.77. The molecule has 4 nitrogen and oxygen atoms in total. The van der Waals surface area contributed by atoms with E-state index in [4.69, 9.17) is 0 Å². The largest absolute Gasteiger partial charge is 0.355 e. The number of hydrogen-bond acceptors (Lipinski definition) is 2. The highest BCUT2D eigenvalue weighted by molar-refractivity contribution is 6.00. The van der Waals surface area contributed by atoms with E-state index in [-0.39, 0.29) is 18.2 Å². The van der Waals surface area contributed by atoms with Gasteiger partial charge in [-0.3, -0.25) is 9.59 Å². The Morgan fingerprint density at radius 3 is 2.72 bits per heavy atom. The number of aryl methyl sites for hydroxylation is 2. The van der Waals surface area contributed by atoms with Crippen molar-refractivity contribution in [2.75, 3.05) is 11.9 Å². The maximum absolute atomic E-state index is 12.2. The Morgan fingerprint density at radius 2 is 2.11 bits per heavy atom. The van der Waals surface area contributed by atoms with Gasteiger partial charge >= 0.3 is 0 Å². The summed E-state index contributed by atoms with van der Waals surface area (Å²) in [6.07, 6.45) is 0.254. The molecule has 1 saturated heterocycles. The Hall–Kier alpha value is -1.84. The lowest BCUT2D eigenvalue weighted by Gasteiger charge is -2.21. The highest BCUT2D eigenvalue weighted by atomic mass is 16.2. The molecule has 1 heterocycles. The maximum Gasteiger partial charge on any atom is 0.232 e. The minimum absolute atomic E-state index is 0.0615. The van der Waals surface area contributed by atoms with Gasteiger partial charge < -0.3 is 10.6 Å². The quantitative estimate of drug-likeness (QED) is 0.835. The van der Waals surface area contributed by atoms with E-state index in [1.807, 2.05) is 39.0 Å². The fourth-order valence-electron chi connectivity index (χ4n) is 2.08. The molecule has 1 atom stereocenters. The van der Waals surface area contributed by atoms with Crippen LogP contribution in [0.2, 0.25) is 0 Å². The monoisotopic (exact) mass is 246 g/mol. The first-order chi connectivity index (χ1) is 8.40. The van der Waals surface area contributed by atoms with Gasteiger partial charge in [0.15, 0.2) is 0 Å². The third-order valence-corrected chi connectivity index (χ3v) is 3.42. The van der Waals surface area contributed by atoms with Crippen LogP contribution in [0.15, 0.2) is 18.2 Å². The van der Waals surface area contributed by atoms with Crippen LogP contribution in [0.3, 0.4) is 0 Å². The van der Waals surface area contributed by atoms with Gasteiger partial charge in [-0.05, 0) is 38.0 Å². The highest BCUT2D eigenvalue weighted by Gasteiger charge is 2.40. The van der Waals surface area contributed by atoms with Crippen molar-refractivity contribution in [3.8, 4) is 0 Å². The van der Waals surface area contributed by atoms with Gasteiger partial charge in [0, 0.05) is 18.7 Å². The Morgan fingerprint density at radius 1 is 1.39 bits per heavy atom. The molecule has 0 radical (unpaired) electrons. The number of hydrogen-bond donors (Lipinski definition) is 2. The molecule has 1 aromatic carbocycles. The molecule has 96 valence electrons. The molecule has 1 aliphatic heterocycles. The molecule has 0 bridgehead atoms. The zero-order chi connectivity index (χ0) is 13.3. The van der Waals surface area contributed by atoms with Crippen molar-refractivity contribution in [1.82, 2.24) is 5.32 Å². The summed E-state index contributed by atoms with van der Waals surface area (Å²) in [7, 11) is 0. The molecule has 4 heteroatoms. The van der Waals surface area contributed by atoms with Crippen molar-refractivity contribution in [1.29, 1.82) is 0 Å². The zero-order valence-corrected chi connectivity index (χ0v) is 11.0. The van der Waals surface area contributed by atoms with Crippen molar-refractivity contribution in [2.45, 2.75) is 27.2 Å². The second-order valence-corrected chi connectivity index (χ2v) is 5.29. The maximum atomic E-state index is 12.2. The minimum Gasteiger partial charge on any atom is -0.355 e. The van der Waals surface area contributed by atoms with Crippen LogP contribution < -0.4 is 10.6 Å². The van der Waals surface area contributed by atoms with Crippen LogP contribution >= 0.6 is 0 Å². The summed E-state index contributed by atoms with van der Waals surface area (Å²) >= 11 is 0. The summed E-state index contributed by atoms with van der Waals surface area (Å²) in [4.78, 5) is 23.5. The molecule has 1 unspecified atom stereocenters. The molecule has 2 amide bonds. The Balaban J connectivity index is 2.16. The summed E-state index contributed by atoms with van der Waals surface area (Å²) in [6, 6.07) is 5.93. The van der Waals surface area contributed by atoms with Crippen molar-refractivity contribution >= 4 is 17.5 Å². The summed E-state index contributed by atoms with van der Waals surface area (Å²) in [5.74, 6) is -0.164. The van der Waals surface area contributed by atoms with Crippen LogP contribution in [-0.4, -0.2) is 18.4 Å². The van der Waals surface area contributed by atoms with Crippen molar-refractivity contribution in [2.24, 2.45) is 5.41 Å². The van der Waals surface area contributed by atoms with Crippen molar-refractivity contribution in [3.63, 3.8) is 0 Å². The molecule has 0 spiro atoms. The molecule has 0 saturated carbocycles. The van der Waals surface area contributed by atoms with Gasteiger partial charge in [-0.15, -0.1) is 0 Å². The van der Waals surface area contributed by atoms with E-state index in [9.17, 15) is 9.59 Å². The summed E-state index contributed by atoms with van der Waals surface area (Å²) < 4.78 is 0. The first-order valence-corrected chi connectivity index (χ1v) is 6.06. The molecular weight excluding hydrogens is 228 g/mol. The van der Waals surface area contributed by atoms with Crippen molar-refractivity contribution in [3.05, 3.63) is 29.3 Å². The number of carbonyl (C=O) groups is 2. The van der Waals surface area contributed by atoms with E-state index in [1.165, 1.54) is 0 Å². The molecule has 0 aromatic heterocycles. The van der Waals surface area contributed by atoms with Crippen LogP contribution in [0.1, 0.15) is 24.5 Å². The molecule has 0 aliphatic carbocycles. The van der Waals surface area contributed by atoms with Crippen LogP contribution in [-0.2, 0) is 9.59 Å². The average Bonchev–Trinajstić information content (AvgIpc) is 2.65. The fourth-order valence-corrected chi connectivity index (χ4v) is 2.08. The van der Waals surface area contributed by atoms with Gasteiger partial charge in [0.1, 0.15) is 0 Å². The summed E-state index contributed by atoms with van der Waals surface area (Å²) in [6.45, 7) is 6.15. The normalized spacial score (nSPS) is 22.7. The third kappa shape index (κ3) is 2.37. The molecular formula is C14H18N2O2. The van der Waals surface area contributed by atoms with E-state index < -0.39 is 5.41 Å². The molecule has 1 aliphatic rings. The topological polar surface area (TPSA) is 58.2 Å². The molecule has 18 heavy (non-hydrogen) atoms. The van der Waals surface area contributed by atoms with Crippen LogP contribution in [0, 0.1) is 19.3 Å². The van der Waals surface area contributed by atoms with E-state index in [1.54, 1.807) is 0 Å². The standard InChI is InChI=1S/C14H18N2O2/c1-9-4-5-10(2)11(6-9)16-13(18)14(3)7-12(17)15-8-14/h4-6H,7-8H2,1-3H3,(H,15,17)(H,16,18). The highest BCUT2D eigenvalue weighted by Crippen LogP contribution is 2.28. The van der Waals surface area contributed by atoms with Crippen LogP contribution in [0.4, 0.5) is 5.69 Å². The number of anilines is 1. The lowest BCUT2D eigenvalue weighted by molar-refractivity contribution is -0.126. The van der Waals surface area contributed by atoms with Gasteiger partial charge in [0.25, 0.3) is 0 Å². The van der Waals surface area contributed by atoms with Gasteiger partial charge in [-0.1, -0.05) is 12.1 Å². The lowest BCUT2D eigenvalue weighted by atomic mass is 9.88. The number of benzene rings is 1. The average molecular weight is 246 g/mol. The Labute approximate surface area is 107 Å². The van der Waals surface area contributed by atoms with Crippen LogP contribution in [0.5, 0.6) is 0 Å². The van der Waals surface area contributed by atoms with E-state index in [2.05, 4.69) is 10.6 Å². The Kier molecular flexibility index (Phi) is 3.11. The van der Waals surface area contributed by atoms with Crippen LogP contribution in [0.25, 0.3) is 0 Å². The third-order valence-electron chi connectivity index (χ3n) is 3.42. The molecule has 2 rings (SSSR count). The van der Waals surface area contributed by atoms with E-state index in [0.29, 0.717) is 6.54 Å². The number of rotatable bonds is 2. The smallest absolute Gasteiger partial charge is 0.232 e. The number of carbonyl (C=O) groups excluding carboxylic acids is 2. The van der Waals surface area contributed by atoms with Gasteiger partial charge in [-0.2, -0.15) is 0 Å². The first kappa shape index (κ1) is 12.6. The first-order valence-electron chi connectivity index (χ1n) is 6.06. The molecule has 2 N–H and O–H groups in total. The Bertz CT molecular complexity index is 511. The number of nitrogens with one attached hydrogen (secondary N) is 2. The summed E-state index contributed by atoms with van der Waals surface area (Å²) in [5, 5.41) is 5.63. The zero-order valence-electron chi connectivity index (χ0n) is 11.0. The second-order valence-electron chi connectivity index (χ2n) is 5.29. The van der Waals surface area contributed by atoms with E-state index >= 15 is 0 Å². The SMILES string of the molecule is Cc1ccc(C)c(NC(=O)C2(C)CNC(=O)C2)c1. The van der Waals surface area contributed by atoms with Gasteiger partial charge in [0.2, 0.25) is 11.8 Å². The molecule has 1 aromatic rings. The van der Waals surface area contributed by atoms with Gasteiger partial charge in [-0.25, -0.2) is 0 Å².